The molecule has 0 unspecified atom stereocenters. The molecule has 0 radical (unpaired) electrons. The molecule has 2 aromatic rings. The molecule has 2 aromatic carbocycles. The number of anilines is 2. The van der Waals surface area contributed by atoms with Crippen LogP contribution in [0.4, 0.5) is 11.4 Å². The summed E-state index contributed by atoms with van der Waals surface area (Å²) in [4.78, 5) is 52.7. The monoisotopic (exact) mass is 530 g/mol. The number of carbonyl (C=O) groups excluding carboxylic acids is 4. The molecule has 2 amide bonds. The highest BCUT2D eigenvalue weighted by Crippen LogP contribution is 2.44. The van der Waals surface area contributed by atoms with Gasteiger partial charge in [0.1, 0.15) is 0 Å². The van der Waals surface area contributed by atoms with Gasteiger partial charge in [-0.25, -0.2) is 9.59 Å². The molecule has 0 bridgehead atoms. The van der Waals surface area contributed by atoms with E-state index in [9.17, 15) is 19.2 Å². The van der Waals surface area contributed by atoms with Crippen molar-refractivity contribution in [2.24, 2.45) is 0 Å². The number of thioether (sulfide) groups is 2. The molecule has 12 heteroatoms. The summed E-state index contributed by atoms with van der Waals surface area (Å²) in [5.41, 5.74) is 1.57. The molecule has 0 aromatic heterocycles. The lowest BCUT2D eigenvalue weighted by Crippen LogP contribution is -2.29. The number of esters is 2. The highest BCUT2D eigenvalue weighted by molar-refractivity contribution is 8.30. The topological polar surface area (TPSA) is 93.2 Å². The first-order valence-electron chi connectivity index (χ1n) is 9.50. The maximum Gasteiger partial charge on any atom is 0.337 e. The SMILES string of the molecule is COC(=O)c1ccc(N2C(=O)C(=C3SC(=S)N(c4ccc(C(=O)OC)cc4)C3=O)SC2=S)cc1. The molecule has 2 fully saturated rings. The second kappa shape index (κ2) is 9.66. The quantitative estimate of drug-likeness (QED) is 0.329. The van der Waals surface area contributed by atoms with Gasteiger partial charge in [0.25, 0.3) is 11.8 Å². The smallest absolute Gasteiger partial charge is 0.337 e. The Morgan fingerprint density at radius 1 is 0.676 bits per heavy atom. The number of benzene rings is 2. The number of methoxy groups -OCH3 is 2. The van der Waals surface area contributed by atoms with Gasteiger partial charge in [-0.1, -0.05) is 48.0 Å². The maximum atomic E-state index is 13.2. The Morgan fingerprint density at radius 2 is 1.00 bits per heavy atom. The van der Waals surface area contributed by atoms with Crippen LogP contribution in [0.3, 0.4) is 0 Å². The highest BCUT2D eigenvalue weighted by Gasteiger charge is 2.43. The Bertz CT molecular complexity index is 1190. The van der Waals surface area contributed by atoms with Crippen molar-refractivity contribution in [1.82, 2.24) is 0 Å². The molecule has 0 spiro atoms. The summed E-state index contributed by atoms with van der Waals surface area (Å²) >= 11 is 12.8. The summed E-state index contributed by atoms with van der Waals surface area (Å²) in [5.74, 6) is -1.91. The zero-order valence-corrected chi connectivity index (χ0v) is 20.9. The Labute approximate surface area is 213 Å². The molecule has 2 saturated heterocycles. The number of amides is 2. The van der Waals surface area contributed by atoms with E-state index in [0.29, 0.717) is 22.5 Å². The third kappa shape index (κ3) is 4.25. The van der Waals surface area contributed by atoms with Crippen molar-refractivity contribution in [3.63, 3.8) is 0 Å². The normalized spacial score (nSPS) is 18.1. The number of nitrogens with zero attached hydrogens (tertiary/aromatic N) is 2. The molecular weight excluding hydrogens is 517 g/mol. The minimum Gasteiger partial charge on any atom is -0.465 e. The van der Waals surface area contributed by atoms with E-state index >= 15 is 0 Å². The van der Waals surface area contributed by atoms with Gasteiger partial charge in [-0.3, -0.25) is 19.4 Å². The van der Waals surface area contributed by atoms with E-state index in [0.717, 1.165) is 23.5 Å². The number of carbonyl (C=O) groups is 4. The first kappa shape index (κ1) is 24.1. The summed E-state index contributed by atoms with van der Waals surface area (Å²) in [5, 5.41) is 0. The number of thiocarbonyl (C=S) groups is 2. The average molecular weight is 531 g/mol. The van der Waals surface area contributed by atoms with Gasteiger partial charge in [0.05, 0.1) is 46.5 Å². The molecule has 8 nitrogen and oxygen atoms in total. The fourth-order valence-electron chi connectivity index (χ4n) is 3.18. The second-order valence-electron chi connectivity index (χ2n) is 6.75. The summed E-state index contributed by atoms with van der Waals surface area (Å²) in [7, 11) is 2.56. The Kier molecular flexibility index (Phi) is 6.84. The van der Waals surface area contributed by atoms with Crippen LogP contribution in [0.2, 0.25) is 0 Å². The molecular formula is C22H14N2O6S4. The molecule has 0 N–H and O–H groups in total. The van der Waals surface area contributed by atoms with E-state index < -0.39 is 23.8 Å². The zero-order valence-electron chi connectivity index (χ0n) is 17.6. The summed E-state index contributed by atoms with van der Waals surface area (Å²) in [6, 6.07) is 12.4. The van der Waals surface area contributed by atoms with Gasteiger partial charge < -0.3 is 9.47 Å². The third-order valence-corrected chi connectivity index (χ3v) is 7.71. The molecule has 0 atom stereocenters. The molecule has 172 valence electrons. The van der Waals surface area contributed by atoms with Gasteiger partial charge in [-0.2, -0.15) is 0 Å². The van der Waals surface area contributed by atoms with E-state index in [4.69, 9.17) is 24.4 Å². The lowest BCUT2D eigenvalue weighted by Gasteiger charge is -2.15. The van der Waals surface area contributed by atoms with Crippen LogP contribution in [0.15, 0.2) is 58.3 Å². The van der Waals surface area contributed by atoms with E-state index in [1.54, 1.807) is 24.3 Å². The molecule has 2 heterocycles. The van der Waals surface area contributed by atoms with Gasteiger partial charge >= 0.3 is 11.9 Å². The molecule has 4 rings (SSSR count). The molecule has 0 saturated carbocycles. The number of hydrogen-bond acceptors (Lipinski definition) is 10. The largest absolute Gasteiger partial charge is 0.465 e. The van der Waals surface area contributed by atoms with Gasteiger partial charge in [-0.15, -0.1) is 0 Å². The van der Waals surface area contributed by atoms with Gasteiger partial charge in [0.2, 0.25) is 0 Å². The van der Waals surface area contributed by atoms with Crippen LogP contribution >= 0.6 is 48.0 Å². The predicted octanol–water partition coefficient (Wildman–Crippen LogP) is 3.90. The number of hydrogen-bond donors (Lipinski definition) is 0. The minimum absolute atomic E-state index is 0.174. The van der Waals surface area contributed by atoms with E-state index in [1.165, 1.54) is 48.3 Å². The first-order chi connectivity index (χ1) is 16.3. The summed E-state index contributed by atoms with van der Waals surface area (Å²) < 4.78 is 9.87. The molecule has 2 aliphatic heterocycles. The van der Waals surface area contributed by atoms with Crippen molar-refractivity contribution >= 4 is 91.7 Å². The van der Waals surface area contributed by atoms with Gasteiger partial charge in [-0.05, 0) is 48.5 Å². The number of rotatable bonds is 4. The van der Waals surface area contributed by atoms with E-state index in [-0.39, 0.29) is 18.5 Å². The van der Waals surface area contributed by atoms with Crippen LogP contribution in [0.25, 0.3) is 0 Å². The fraction of sp³-hybridized carbons (Fsp3) is 0.0909. The Morgan fingerprint density at radius 3 is 1.29 bits per heavy atom. The average Bonchev–Trinajstić information content (AvgIpc) is 3.31. The van der Waals surface area contributed by atoms with Crippen molar-refractivity contribution in [2.45, 2.75) is 0 Å². The summed E-state index contributed by atoms with van der Waals surface area (Å²) in [6.07, 6.45) is 0. The highest BCUT2D eigenvalue weighted by atomic mass is 32.2. The fourth-order valence-corrected chi connectivity index (χ4v) is 5.94. The standard InChI is InChI=1S/C22H14N2O6S4/c1-29-19(27)11-3-7-13(8-4-11)23-17(25)15(33-21(23)31)16-18(26)24(22(32)34-16)14-9-5-12(6-10-14)20(28)30-2/h3-10H,1-2H3. The van der Waals surface area contributed by atoms with Gasteiger partial charge in [0.15, 0.2) is 8.64 Å². The van der Waals surface area contributed by atoms with Crippen LogP contribution in [-0.2, 0) is 19.1 Å². The first-order valence-corrected chi connectivity index (χ1v) is 11.9. The zero-order chi connectivity index (χ0) is 24.6. The Balaban J connectivity index is 1.62. The van der Waals surface area contributed by atoms with Crippen molar-refractivity contribution in [1.29, 1.82) is 0 Å². The van der Waals surface area contributed by atoms with Crippen LogP contribution in [0, 0.1) is 0 Å². The van der Waals surface area contributed by atoms with Crippen LogP contribution in [-0.4, -0.2) is 46.6 Å². The molecule has 2 aliphatic rings. The van der Waals surface area contributed by atoms with Gasteiger partial charge in [0, 0.05) is 0 Å². The van der Waals surface area contributed by atoms with Crippen molar-refractivity contribution in [3.8, 4) is 0 Å². The van der Waals surface area contributed by atoms with Crippen LogP contribution in [0.5, 0.6) is 0 Å². The second-order valence-corrected chi connectivity index (χ2v) is 10.0. The van der Waals surface area contributed by atoms with E-state index in [1.807, 2.05) is 0 Å². The lowest BCUT2D eigenvalue weighted by molar-refractivity contribution is -0.115. The predicted molar refractivity (Wildman–Crippen MR) is 138 cm³/mol. The lowest BCUT2D eigenvalue weighted by atomic mass is 10.2. The maximum absolute atomic E-state index is 13.2. The van der Waals surface area contributed by atoms with Crippen LogP contribution in [0.1, 0.15) is 20.7 Å². The molecule has 0 aliphatic carbocycles. The minimum atomic E-state index is -0.500. The van der Waals surface area contributed by atoms with Crippen molar-refractivity contribution in [2.75, 3.05) is 24.0 Å². The third-order valence-electron chi connectivity index (χ3n) is 4.84. The summed E-state index contributed by atoms with van der Waals surface area (Å²) in [6.45, 7) is 0. The van der Waals surface area contributed by atoms with E-state index in [2.05, 4.69) is 9.47 Å². The van der Waals surface area contributed by atoms with Crippen molar-refractivity contribution < 1.29 is 28.7 Å². The number of ether oxygens (including phenoxy) is 2. The molecule has 34 heavy (non-hydrogen) atoms. The van der Waals surface area contributed by atoms with Crippen molar-refractivity contribution in [3.05, 3.63) is 69.5 Å². The van der Waals surface area contributed by atoms with Crippen LogP contribution < -0.4 is 9.80 Å². The Hall–Kier alpha value is -3.06.